The van der Waals surface area contributed by atoms with Crippen LogP contribution >= 0.6 is 0 Å². The molecule has 1 heterocycles. The summed E-state index contributed by atoms with van der Waals surface area (Å²) in [5.41, 5.74) is 1.21. The number of amides is 1. The highest BCUT2D eigenvalue weighted by molar-refractivity contribution is 7.89. The van der Waals surface area contributed by atoms with Gasteiger partial charge in [-0.3, -0.25) is 9.69 Å². The number of hydrogen-bond donors (Lipinski definition) is 1. The molecule has 2 rings (SSSR count). The number of likely N-dealkylation sites (tertiary alicyclic amines) is 1. The summed E-state index contributed by atoms with van der Waals surface area (Å²) in [6.07, 6.45) is 2.39. The Hall–Kier alpha value is -1.44. The summed E-state index contributed by atoms with van der Waals surface area (Å²) in [6, 6.07) is 5.11. The summed E-state index contributed by atoms with van der Waals surface area (Å²) in [4.78, 5) is 15.6. The maximum Gasteiger partial charge on any atom is 0.251 e. The highest BCUT2D eigenvalue weighted by Gasteiger charge is 2.27. The van der Waals surface area contributed by atoms with Crippen molar-refractivity contribution >= 4 is 15.9 Å². The highest BCUT2D eigenvalue weighted by Crippen LogP contribution is 2.22. The van der Waals surface area contributed by atoms with Gasteiger partial charge in [-0.2, -0.15) is 4.31 Å². The molecule has 1 aromatic carbocycles. The summed E-state index contributed by atoms with van der Waals surface area (Å²) in [6.45, 7) is 15.7. The zero-order chi connectivity index (χ0) is 22.5. The van der Waals surface area contributed by atoms with Crippen molar-refractivity contribution in [3.63, 3.8) is 0 Å². The average molecular weight is 438 g/mol. The minimum atomic E-state index is -3.60. The molecule has 1 unspecified atom stereocenters. The molecule has 0 spiro atoms. The van der Waals surface area contributed by atoms with Gasteiger partial charge >= 0.3 is 0 Å². The maximum absolute atomic E-state index is 13.0. The van der Waals surface area contributed by atoms with E-state index in [0.29, 0.717) is 31.1 Å². The lowest BCUT2D eigenvalue weighted by atomic mass is 9.94. The van der Waals surface area contributed by atoms with E-state index in [0.717, 1.165) is 24.6 Å². The molecule has 0 saturated carbocycles. The van der Waals surface area contributed by atoms with Crippen LogP contribution in [0.1, 0.15) is 63.4 Å². The van der Waals surface area contributed by atoms with E-state index in [1.54, 1.807) is 12.1 Å². The second kappa shape index (κ2) is 10.7. The van der Waals surface area contributed by atoms with Gasteiger partial charge in [-0.1, -0.05) is 40.7 Å². The molecule has 7 heteroatoms. The Morgan fingerprint density at radius 1 is 1.20 bits per heavy atom. The molecule has 0 aromatic heterocycles. The number of nitrogens with one attached hydrogen (secondary N) is 1. The quantitative estimate of drug-likeness (QED) is 0.642. The van der Waals surface area contributed by atoms with Gasteiger partial charge in [0, 0.05) is 31.2 Å². The molecule has 0 radical (unpaired) electrons. The Morgan fingerprint density at radius 2 is 1.80 bits per heavy atom. The lowest BCUT2D eigenvalue weighted by Gasteiger charge is -2.39. The minimum Gasteiger partial charge on any atom is -0.350 e. The number of benzene rings is 1. The molecule has 30 heavy (non-hydrogen) atoms. The van der Waals surface area contributed by atoms with E-state index >= 15 is 0 Å². The monoisotopic (exact) mass is 437 g/mol. The molecule has 1 atom stereocenters. The van der Waals surface area contributed by atoms with Gasteiger partial charge in [-0.15, -0.1) is 0 Å². The van der Waals surface area contributed by atoms with Crippen molar-refractivity contribution in [3.05, 3.63) is 29.3 Å². The van der Waals surface area contributed by atoms with E-state index in [4.69, 9.17) is 0 Å². The first-order valence-electron chi connectivity index (χ1n) is 11.2. The van der Waals surface area contributed by atoms with E-state index < -0.39 is 10.0 Å². The predicted molar refractivity (Wildman–Crippen MR) is 122 cm³/mol. The number of nitrogens with zero attached hydrogens (tertiary/aromatic N) is 2. The highest BCUT2D eigenvalue weighted by atomic mass is 32.2. The normalized spacial score (nSPS) is 17.5. The maximum atomic E-state index is 13.0. The first kappa shape index (κ1) is 24.8. The number of carbonyl (C=O) groups is 1. The van der Waals surface area contributed by atoms with Crippen LogP contribution in [0.15, 0.2) is 23.1 Å². The lowest BCUT2D eigenvalue weighted by molar-refractivity contribution is 0.0862. The third kappa shape index (κ3) is 5.83. The summed E-state index contributed by atoms with van der Waals surface area (Å²) < 4.78 is 27.1. The van der Waals surface area contributed by atoms with Crippen LogP contribution in [0.2, 0.25) is 0 Å². The smallest absolute Gasteiger partial charge is 0.251 e. The van der Waals surface area contributed by atoms with Gasteiger partial charge in [-0.05, 0) is 62.4 Å². The zero-order valence-corrected chi connectivity index (χ0v) is 20.3. The average Bonchev–Trinajstić information content (AvgIpc) is 2.70. The van der Waals surface area contributed by atoms with Crippen LogP contribution < -0.4 is 5.32 Å². The number of hydrogen-bond acceptors (Lipinski definition) is 4. The van der Waals surface area contributed by atoms with Gasteiger partial charge < -0.3 is 5.32 Å². The van der Waals surface area contributed by atoms with Crippen molar-refractivity contribution in [1.82, 2.24) is 14.5 Å². The molecule has 1 amide bonds. The number of aryl methyl sites for hydroxylation is 1. The fraction of sp³-hybridized carbons (Fsp3) is 0.696. The number of rotatable bonds is 9. The lowest BCUT2D eigenvalue weighted by Crippen LogP contribution is -2.49. The summed E-state index contributed by atoms with van der Waals surface area (Å²) in [7, 11) is -3.60. The SMILES string of the molecule is CCN(CC)S(=O)(=O)c1ccc(C)c(C(=O)NCC(C(C)C)N2CCC(C)CC2)c1. The van der Waals surface area contributed by atoms with Gasteiger partial charge in [0.15, 0.2) is 0 Å². The third-order valence-corrected chi connectivity index (χ3v) is 8.37. The number of piperidine rings is 1. The Bertz CT molecular complexity index is 811. The number of carbonyl (C=O) groups excluding carboxylic acids is 1. The van der Waals surface area contributed by atoms with E-state index in [1.807, 2.05) is 20.8 Å². The Kier molecular flexibility index (Phi) is 8.88. The molecule has 1 aromatic rings. The second-order valence-electron chi connectivity index (χ2n) is 8.81. The van der Waals surface area contributed by atoms with E-state index in [9.17, 15) is 13.2 Å². The Labute approximate surface area is 183 Å². The van der Waals surface area contributed by atoms with Crippen LogP contribution in [0, 0.1) is 18.8 Å². The molecular weight excluding hydrogens is 398 g/mol. The van der Waals surface area contributed by atoms with Gasteiger partial charge in [0.2, 0.25) is 10.0 Å². The molecule has 0 aliphatic carbocycles. The summed E-state index contributed by atoms with van der Waals surface area (Å²) in [5, 5.41) is 3.08. The molecule has 1 N–H and O–H groups in total. The van der Waals surface area contributed by atoms with Crippen LogP contribution in [0.25, 0.3) is 0 Å². The topological polar surface area (TPSA) is 69.7 Å². The van der Waals surface area contributed by atoms with Gasteiger partial charge in [0.25, 0.3) is 5.91 Å². The first-order chi connectivity index (χ1) is 14.1. The van der Waals surface area contributed by atoms with Crippen molar-refractivity contribution in [2.75, 3.05) is 32.7 Å². The molecular formula is C23H39N3O3S. The fourth-order valence-electron chi connectivity index (χ4n) is 4.16. The van der Waals surface area contributed by atoms with Crippen molar-refractivity contribution in [2.24, 2.45) is 11.8 Å². The van der Waals surface area contributed by atoms with Crippen molar-refractivity contribution in [2.45, 2.75) is 65.3 Å². The van der Waals surface area contributed by atoms with Gasteiger partial charge in [0.05, 0.1) is 4.90 Å². The van der Waals surface area contributed by atoms with Crippen LogP contribution in [0.4, 0.5) is 0 Å². The summed E-state index contributed by atoms with van der Waals surface area (Å²) in [5.74, 6) is 0.983. The molecule has 1 saturated heterocycles. The predicted octanol–water partition coefficient (Wildman–Crippen LogP) is 3.51. The standard InChI is InChI=1S/C23H39N3O3S/c1-7-26(8-2)30(28,29)20-10-9-19(6)21(15-20)23(27)24-16-22(17(3)4)25-13-11-18(5)12-14-25/h9-10,15,17-18,22H,7-8,11-14,16H2,1-6H3,(H,24,27). The Balaban J connectivity index is 2.16. The molecule has 6 nitrogen and oxygen atoms in total. The molecule has 0 bridgehead atoms. The molecule has 1 aliphatic heterocycles. The van der Waals surface area contributed by atoms with Crippen molar-refractivity contribution in [3.8, 4) is 0 Å². The third-order valence-electron chi connectivity index (χ3n) is 6.33. The van der Waals surface area contributed by atoms with Gasteiger partial charge in [0.1, 0.15) is 0 Å². The van der Waals surface area contributed by atoms with E-state index in [2.05, 4.69) is 31.0 Å². The molecule has 170 valence electrons. The second-order valence-corrected chi connectivity index (χ2v) is 10.7. The number of sulfonamides is 1. The summed E-state index contributed by atoms with van der Waals surface area (Å²) >= 11 is 0. The molecule has 1 fully saturated rings. The van der Waals surface area contributed by atoms with Crippen molar-refractivity contribution in [1.29, 1.82) is 0 Å². The molecule has 1 aliphatic rings. The van der Waals surface area contributed by atoms with Crippen molar-refractivity contribution < 1.29 is 13.2 Å². The van der Waals surface area contributed by atoms with E-state index in [-0.39, 0.29) is 16.8 Å². The van der Waals surface area contributed by atoms with Crippen LogP contribution in [0.5, 0.6) is 0 Å². The first-order valence-corrected chi connectivity index (χ1v) is 12.7. The van der Waals surface area contributed by atoms with Crippen LogP contribution in [-0.4, -0.2) is 62.3 Å². The van der Waals surface area contributed by atoms with Gasteiger partial charge in [-0.25, -0.2) is 8.42 Å². The van der Waals surface area contributed by atoms with E-state index in [1.165, 1.54) is 23.2 Å². The minimum absolute atomic E-state index is 0.173. The zero-order valence-electron chi connectivity index (χ0n) is 19.4. The van der Waals surface area contributed by atoms with Crippen LogP contribution in [0.3, 0.4) is 0 Å². The fourth-order valence-corrected chi connectivity index (χ4v) is 5.64. The Morgan fingerprint density at radius 3 is 2.33 bits per heavy atom. The van der Waals surface area contributed by atoms with Crippen LogP contribution in [-0.2, 0) is 10.0 Å². The largest absolute Gasteiger partial charge is 0.350 e.